The number of likely N-dealkylation sites (tertiary alicyclic amines) is 1. The van der Waals surface area contributed by atoms with Gasteiger partial charge in [-0.3, -0.25) is 4.79 Å². The lowest BCUT2D eigenvalue weighted by molar-refractivity contribution is 0.0786. The first-order valence-electron chi connectivity index (χ1n) is 8.35. The van der Waals surface area contributed by atoms with Crippen LogP contribution in [0.25, 0.3) is 0 Å². The Labute approximate surface area is 155 Å². The van der Waals surface area contributed by atoms with Crippen LogP contribution in [-0.4, -0.2) is 37.6 Å². The van der Waals surface area contributed by atoms with E-state index in [1.807, 2.05) is 47.4 Å². The third-order valence-electron chi connectivity index (χ3n) is 4.74. The second kappa shape index (κ2) is 8.99. The lowest BCUT2D eigenvalue weighted by atomic mass is 9.89. The Morgan fingerprint density at radius 3 is 2.60 bits per heavy atom. The molecule has 1 heterocycles. The summed E-state index contributed by atoms with van der Waals surface area (Å²) in [5.41, 5.74) is 8.96. The molecule has 1 amide bonds. The van der Waals surface area contributed by atoms with Crippen LogP contribution < -0.4 is 5.73 Å². The zero-order valence-electron chi connectivity index (χ0n) is 14.4. The molecule has 1 fully saturated rings. The molecular weight excluding hydrogens is 336 g/mol. The van der Waals surface area contributed by atoms with Gasteiger partial charge in [-0.05, 0) is 35.7 Å². The van der Waals surface area contributed by atoms with E-state index >= 15 is 0 Å². The van der Waals surface area contributed by atoms with Gasteiger partial charge in [-0.2, -0.15) is 0 Å². The molecular formula is C20H25ClN2O2. The normalized spacial score (nSPS) is 19.5. The van der Waals surface area contributed by atoms with E-state index in [2.05, 4.69) is 12.1 Å². The highest BCUT2D eigenvalue weighted by atomic mass is 35.5. The topological polar surface area (TPSA) is 55.6 Å². The highest BCUT2D eigenvalue weighted by molar-refractivity contribution is 5.94. The molecule has 0 aromatic heterocycles. The maximum Gasteiger partial charge on any atom is 0.253 e. The summed E-state index contributed by atoms with van der Waals surface area (Å²) in [4.78, 5) is 14.8. The minimum absolute atomic E-state index is 0. The molecule has 0 spiro atoms. The van der Waals surface area contributed by atoms with Crippen LogP contribution in [0.1, 0.15) is 27.4 Å². The minimum atomic E-state index is 0. The van der Waals surface area contributed by atoms with Gasteiger partial charge < -0.3 is 15.4 Å². The third-order valence-corrected chi connectivity index (χ3v) is 4.74. The Kier molecular flexibility index (Phi) is 7.00. The predicted octanol–water partition coefficient (Wildman–Crippen LogP) is 3.07. The molecule has 134 valence electrons. The fraction of sp³-hybridized carbons (Fsp3) is 0.350. The number of methoxy groups -OCH3 is 1. The first-order chi connectivity index (χ1) is 11.7. The predicted molar refractivity (Wildman–Crippen MR) is 102 cm³/mol. The largest absolute Gasteiger partial charge is 0.380 e. The summed E-state index contributed by atoms with van der Waals surface area (Å²) in [5, 5.41) is 0. The van der Waals surface area contributed by atoms with Crippen LogP contribution in [0.5, 0.6) is 0 Å². The van der Waals surface area contributed by atoms with Crippen molar-refractivity contribution < 1.29 is 9.53 Å². The van der Waals surface area contributed by atoms with Crippen molar-refractivity contribution in [1.29, 1.82) is 0 Å². The monoisotopic (exact) mass is 360 g/mol. The van der Waals surface area contributed by atoms with Crippen LogP contribution in [0.3, 0.4) is 0 Å². The van der Waals surface area contributed by atoms with Gasteiger partial charge in [-0.25, -0.2) is 0 Å². The quantitative estimate of drug-likeness (QED) is 0.891. The summed E-state index contributed by atoms with van der Waals surface area (Å²) in [6.07, 6.45) is 0. The molecule has 2 aromatic carbocycles. The number of halogens is 1. The molecule has 4 nitrogen and oxygen atoms in total. The number of rotatable bonds is 5. The number of carbonyl (C=O) groups is 1. The number of carbonyl (C=O) groups excluding carboxylic acids is 1. The van der Waals surface area contributed by atoms with Crippen molar-refractivity contribution in [3.05, 3.63) is 71.3 Å². The minimum Gasteiger partial charge on any atom is -0.380 e. The Hall–Kier alpha value is -1.88. The average molecular weight is 361 g/mol. The lowest BCUT2D eigenvalue weighted by Gasteiger charge is -2.17. The van der Waals surface area contributed by atoms with Crippen molar-refractivity contribution >= 4 is 18.3 Å². The van der Waals surface area contributed by atoms with Gasteiger partial charge in [0.25, 0.3) is 5.91 Å². The second-order valence-electron chi connectivity index (χ2n) is 6.36. The molecule has 1 saturated heterocycles. The Morgan fingerprint density at radius 1 is 1.16 bits per heavy atom. The van der Waals surface area contributed by atoms with Crippen LogP contribution in [0.4, 0.5) is 0 Å². The van der Waals surface area contributed by atoms with Crippen molar-refractivity contribution in [2.45, 2.75) is 12.5 Å². The zero-order chi connectivity index (χ0) is 16.9. The molecule has 0 unspecified atom stereocenters. The average Bonchev–Trinajstić information content (AvgIpc) is 3.07. The summed E-state index contributed by atoms with van der Waals surface area (Å²) in [5.74, 6) is 0.686. The molecule has 5 heteroatoms. The van der Waals surface area contributed by atoms with E-state index in [1.54, 1.807) is 7.11 Å². The fourth-order valence-corrected chi connectivity index (χ4v) is 3.50. The zero-order valence-corrected chi connectivity index (χ0v) is 15.2. The van der Waals surface area contributed by atoms with E-state index in [-0.39, 0.29) is 18.3 Å². The summed E-state index contributed by atoms with van der Waals surface area (Å²) in [7, 11) is 1.66. The molecule has 1 aliphatic heterocycles. The molecule has 0 radical (unpaired) electrons. The number of hydrogen-bond donors (Lipinski definition) is 1. The second-order valence-corrected chi connectivity index (χ2v) is 6.36. The Balaban J connectivity index is 0.00000225. The van der Waals surface area contributed by atoms with E-state index in [0.717, 1.165) is 12.1 Å². The highest BCUT2D eigenvalue weighted by Gasteiger charge is 2.35. The van der Waals surface area contributed by atoms with E-state index in [1.165, 1.54) is 5.56 Å². The van der Waals surface area contributed by atoms with Crippen molar-refractivity contribution in [3.8, 4) is 0 Å². The summed E-state index contributed by atoms with van der Waals surface area (Å²) < 4.78 is 5.16. The van der Waals surface area contributed by atoms with E-state index in [0.29, 0.717) is 37.1 Å². The first-order valence-corrected chi connectivity index (χ1v) is 8.35. The number of benzene rings is 2. The van der Waals surface area contributed by atoms with Crippen molar-refractivity contribution in [1.82, 2.24) is 4.90 Å². The van der Waals surface area contributed by atoms with Gasteiger partial charge in [0, 0.05) is 31.7 Å². The van der Waals surface area contributed by atoms with Crippen LogP contribution in [0, 0.1) is 5.92 Å². The Bertz CT molecular complexity index is 693. The maximum absolute atomic E-state index is 12.9. The maximum atomic E-state index is 12.9. The molecule has 0 bridgehead atoms. The number of ether oxygens (including phenoxy) is 1. The first kappa shape index (κ1) is 19.4. The molecule has 0 aliphatic carbocycles. The standard InChI is InChI=1S/C20H24N2O2.ClH/c1-24-14-15-6-5-9-17(10-15)20(23)22-12-18(11-21)19(13-22)16-7-3-2-4-8-16;/h2-10,18-19H,11-14,21H2,1H3;1H/t18-,19+;/m1./s1. The van der Waals surface area contributed by atoms with Gasteiger partial charge in [0.15, 0.2) is 0 Å². The number of nitrogens with zero attached hydrogens (tertiary/aromatic N) is 1. The van der Waals surface area contributed by atoms with E-state index in [4.69, 9.17) is 10.5 Å². The molecule has 2 N–H and O–H groups in total. The number of nitrogens with two attached hydrogens (primary N) is 1. The van der Waals surface area contributed by atoms with Gasteiger partial charge in [-0.1, -0.05) is 42.5 Å². The van der Waals surface area contributed by atoms with Crippen molar-refractivity contribution in [2.75, 3.05) is 26.7 Å². The van der Waals surface area contributed by atoms with Gasteiger partial charge in [0.2, 0.25) is 0 Å². The van der Waals surface area contributed by atoms with E-state index in [9.17, 15) is 4.79 Å². The van der Waals surface area contributed by atoms with Crippen LogP contribution in [0.15, 0.2) is 54.6 Å². The molecule has 3 rings (SSSR count). The van der Waals surface area contributed by atoms with Gasteiger partial charge in [0.1, 0.15) is 0 Å². The molecule has 1 aliphatic rings. The van der Waals surface area contributed by atoms with Crippen LogP contribution >= 0.6 is 12.4 Å². The van der Waals surface area contributed by atoms with Gasteiger partial charge in [-0.15, -0.1) is 12.4 Å². The fourth-order valence-electron chi connectivity index (χ4n) is 3.50. The van der Waals surface area contributed by atoms with E-state index < -0.39 is 0 Å². The van der Waals surface area contributed by atoms with Crippen LogP contribution in [-0.2, 0) is 11.3 Å². The highest BCUT2D eigenvalue weighted by Crippen LogP contribution is 2.32. The number of hydrogen-bond acceptors (Lipinski definition) is 3. The van der Waals surface area contributed by atoms with Crippen molar-refractivity contribution in [2.24, 2.45) is 11.7 Å². The molecule has 25 heavy (non-hydrogen) atoms. The molecule has 0 saturated carbocycles. The number of amides is 1. The summed E-state index contributed by atoms with van der Waals surface area (Å²) in [6, 6.07) is 18.0. The molecule has 2 aromatic rings. The molecule has 2 atom stereocenters. The van der Waals surface area contributed by atoms with Gasteiger partial charge >= 0.3 is 0 Å². The lowest BCUT2D eigenvalue weighted by Crippen LogP contribution is -2.29. The van der Waals surface area contributed by atoms with Crippen molar-refractivity contribution in [3.63, 3.8) is 0 Å². The smallest absolute Gasteiger partial charge is 0.253 e. The SMILES string of the molecule is COCc1cccc(C(=O)N2C[C@@H](CN)[C@H](c3ccccc3)C2)c1.Cl. The summed E-state index contributed by atoms with van der Waals surface area (Å²) >= 11 is 0. The van der Waals surface area contributed by atoms with Crippen LogP contribution in [0.2, 0.25) is 0 Å². The third kappa shape index (κ3) is 4.40. The Morgan fingerprint density at radius 2 is 1.92 bits per heavy atom. The summed E-state index contributed by atoms with van der Waals surface area (Å²) in [6.45, 7) is 2.54. The van der Waals surface area contributed by atoms with Gasteiger partial charge in [0.05, 0.1) is 6.61 Å².